The summed E-state index contributed by atoms with van der Waals surface area (Å²) < 4.78 is 5.30. The number of aryl methyl sites for hydroxylation is 1. The first-order valence-corrected chi connectivity index (χ1v) is 10.2. The van der Waals surface area contributed by atoms with Crippen LogP contribution in [-0.4, -0.2) is 28.7 Å². The Hall–Kier alpha value is -3.16. The van der Waals surface area contributed by atoms with Crippen LogP contribution in [0, 0.1) is 6.92 Å². The molecule has 0 saturated carbocycles. The molecule has 0 unspecified atom stereocenters. The van der Waals surface area contributed by atoms with Gasteiger partial charge >= 0.3 is 5.97 Å². The largest absolute Gasteiger partial charge is 0.481 e. The van der Waals surface area contributed by atoms with E-state index in [2.05, 4.69) is 15.8 Å². The Morgan fingerprint density at radius 3 is 2.48 bits per heavy atom. The highest BCUT2D eigenvalue weighted by atomic mass is 35.5. The normalized spacial score (nSPS) is 11.4. The Morgan fingerprint density at radius 1 is 1.13 bits per heavy atom. The van der Waals surface area contributed by atoms with Gasteiger partial charge in [0.15, 0.2) is 11.5 Å². The number of anilines is 1. The van der Waals surface area contributed by atoms with Crippen molar-refractivity contribution < 1.29 is 19.2 Å². The summed E-state index contributed by atoms with van der Waals surface area (Å²) in [7, 11) is 0. The summed E-state index contributed by atoms with van der Waals surface area (Å²) in [6.45, 7) is 6.21. The maximum Gasteiger partial charge on any atom is 0.304 e. The number of aliphatic carboxylic acids is 1. The van der Waals surface area contributed by atoms with Gasteiger partial charge in [-0.15, -0.1) is 0 Å². The van der Waals surface area contributed by atoms with Crippen molar-refractivity contribution >= 4 is 29.2 Å². The Labute approximate surface area is 185 Å². The van der Waals surface area contributed by atoms with Crippen LogP contribution in [0.5, 0.6) is 0 Å². The van der Waals surface area contributed by atoms with Crippen molar-refractivity contribution in [3.05, 3.63) is 70.4 Å². The lowest BCUT2D eigenvalue weighted by atomic mass is 9.94. The van der Waals surface area contributed by atoms with Crippen LogP contribution in [-0.2, 0) is 10.3 Å². The van der Waals surface area contributed by atoms with Gasteiger partial charge in [0, 0.05) is 34.4 Å². The highest BCUT2D eigenvalue weighted by Crippen LogP contribution is 2.26. The van der Waals surface area contributed by atoms with E-state index in [4.69, 9.17) is 21.2 Å². The van der Waals surface area contributed by atoms with Crippen LogP contribution in [0.1, 0.15) is 41.9 Å². The number of hydrogen-bond acceptors (Lipinski definition) is 5. The van der Waals surface area contributed by atoms with Crippen LogP contribution in [0.25, 0.3) is 11.3 Å². The van der Waals surface area contributed by atoms with Gasteiger partial charge in [-0.25, -0.2) is 0 Å². The number of aromatic nitrogens is 1. The van der Waals surface area contributed by atoms with Gasteiger partial charge in [0.2, 0.25) is 0 Å². The molecule has 8 heteroatoms. The highest BCUT2D eigenvalue weighted by Gasteiger charge is 2.20. The molecule has 1 amide bonds. The molecule has 0 saturated heterocycles. The third-order valence-corrected chi connectivity index (χ3v) is 5.38. The van der Waals surface area contributed by atoms with Gasteiger partial charge in [0.05, 0.1) is 6.42 Å². The Morgan fingerprint density at radius 2 is 1.84 bits per heavy atom. The zero-order chi connectivity index (χ0) is 22.6. The summed E-state index contributed by atoms with van der Waals surface area (Å²) in [5.41, 5.74) is 3.02. The van der Waals surface area contributed by atoms with Crippen molar-refractivity contribution in [2.45, 2.75) is 32.7 Å². The molecule has 0 aliphatic carbocycles. The van der Waals surface area contributed by atoms with E-state index in [1.165, 1.54) is 0 Å². The van der Waals surface area contributed by atoms with Crippen LogP contribution in [0.2, 0.25) is 5.02 Å². The average molecular weight is 442 g/mol. The third kappa shape index (κ3) is 5.71. The topological polar surface area (TPSA) is 104 Å². The van der Waals surface area contributed by atoms with Gasteiger partial charge < -0.3 is 20.3 Å². The Bertz CT molecular complexity index is 1090. The van der Waals surface area contributed by atoms with Gasteiger partial charge in [-0.3, -0.25) is 9.59 Å². The zero-order valence-electron chi connectivity index (χ0n) is 17.5. The molecule has 7 nitrogen and oxygen atoms in total. The minimum absolute atomic E-state index is 0.0477. The Kier molecular flexibility index (Phi) is 6.77. The van der Waals surface area contributed by atoms with Crippen LogP contribution in [0.3, 0.4) is 0 Å². The highest BCUT2D eigenvalue weighted by molar-refractivity contribution is 6.31. The van der Waals surface area contributed by atoms with Gasteiger partial charge in [-0.2, -0.15) is 0 Å². The van der Waals surface area contributed by atoms with Crippen molar-refractivity contribution in [1.29, 1.82) is 0 Å². The maximum absolute atomic E-state index is 12.5. The summed E-state index contributed by atoms with van der Waals surface area (Å²) in [6, 6.07) is 14.4. The van der Waals surface area contributed by atoms with E-state index < -0.39 is 11.5 Å². The zero-order valence-corrected chi connectivity index (χ0v) is 18.3. The smallest absolute Gasteiger partial charge is 0.304 e. The van der Waals surface area contributed by atoms with E-state index >= 15 is 0 Å². The van der Waals surface area contributed by atoms with E-state index in [0.717, 1.165) is 16.7 Å². The average Bonchev–Trinajstić information content (AvgIpc) is 3.20. The lowest BCUT2D eigenvalue weighted by Gasteiger charge is -2.27. The second-order valence-corrected chi connectivity index (χ2v) is 8.17. The summed E-state index contributed by atoms with van der Waals surface area (Å²) in [4.78, 5) is 23.2. The minimum atomic E-state index is -0.845. The lowest BCUT2D eigenvalue weighted by Crippen LogP contribution is -2.37. The fourth-order valence-electron chi connectivity index (χ4n) is 3.01. The molecular weight excluding hydrogens is 418 g/mol. The summed E-state index contributed by atoms with van der Waals surface area (Å²) in [5.74, 6) is -0.778. The molecule has 0 radical (unpaired) electrons. The standard InChI is InChI=1S/C23H24ClN3O4/c1-14-4-5-15(12-18(14)24)20-13-19(27-31-20)22(30)26-17-8-6-16(7-9-17)23(2,3)25-11-10-21(28)29/h4-9,12-13,25H,10-11H2,1-3H3,(H,26,30)(H,28,29). The number of hydrogen-bond donors (Lipinski definition) is 3. The van der Waals surface area contributed by atoms with Crippen molar-refractivity contribution in [3.63, 3.8) is 0 Å². The molecule has 0 fully saturated rings. The molecule has 0 bridgehead atoms. The summed E-state index contributed by atoms with van der Waals surface area (Å²) in [5, 5.41) is 19.3. The van der Waals surface area contributed by atoms with Gasteiger partial charge in [0.1, 0.15) is 0 Å². The molecule has 31 heavy (non-hydrogen) atoms. The summed E-state index contributed by atoms with van der Waals surface area (Å²) in [6.07, 6.45) is 0.0477. The second-order valence-electron chi connectivity index (χ2n) is 7.77. The number of benzene rings is 2. The molecule has 3 rings (SSSR count). The molecule has 0 atom stereocenters. The van der Waals surface area contributed by atoms with Crippen molar-refractivity contribution in [1.82, 2.24) is 10.5 Å². The lowest BCUT2D eigenvalue weighted by molar-refractivity contribution is -0.136. The number of rotatable bonds is 8. The number of carboxylic acids is 1. The van der Waals surface area contributed by atoms with Crippen LogP contribution < -0.4 is 10.6 Å². The SMILES string of the molecule is Cc1ccc(-c2cc(C(=O)Nc3ccc(C(C)(C)NCCC(=O)O)cc3)no2)cc1Cl. The fourth-order valence-corrected chi connectivity index (χ4v) is 3.19. The van der Waals surface area contributed by atoms with E-state index in [0.29, 0.717) is 23.0 Å². The van der Waals surface area contributed by atoms with E-state index in [9.17, 15) is 9.59 Å². The minimum Gasteiger partial charge on any atom is -0.481 e. The van der Waals surface area contributed by atoms with Crippen molar-refractivity contribution in [2.75, 3.05) is 11.9 Å². The number of nitrogens with one attached hydrogen (secondary N) is 2. The molecule has 0 aliphatic rings. The molecule has 1 heterocycles. The first-order valence-electron chi connectivity index (χ1n) is 9.78. The number of carbonyl (C=O) groups is 2. The predicted molar refractivity (Wildman–Crippen MR) is 119 cm³/mol. The van der Waals surface area contributed by atoms with Crippen molar-refractivity contribution in [2.24, 2.45) is 0 Å². The molecule has 162 valence electrons. The summed E-state index contributed by atoms with van der Waals surface area (Å²) >= 11 is 6.16. The number of carboxylic acid groups (broad SMARTS) is 1. The van der Waals surface area contributed by atoms with E-state index in [1.54, 1.807) is 24.3 Å². The number of halogens is 1. The van der Waals surface area contributed by atoms with Crippen LogP contribution in [0.15, 0.2) is 53.1 Å². The van der Waals surface area contributed by atoms with Crippen molar-refractivity contribution in [3.8, 4) is 11.3 Å². The molecule has 1 aromatic heterocycles. The molecular formula is C23H24ClN3O4. The number of amides is 1. The first kappa shape index (κ1) is 22.5. The molecule has 0 spiro atoms. The molecule has 3 N–H and O–H groups in total. The quantitative estimate of drug-likeness (QED) is 0.461. The predicted octanol–water partition coefficient (Wildman–Crippen LogP) is 4.86. The van der Waals surface area contributed by atoms with Gasteiger partial charge in [0.25, 0.3) is 5.91 Å². The second kappa shape index (κ2) is 9.32. The molecule has 0 aliphatic heterocycles. The van der Waals surface area contributed by atoms with E-state index in [-0.39, 0.29) is 18.0 Å². The van der Waals surface area contributed by atoms with E-state index in [1.807, 2.05) is 45.0 Å². The monoisotopic (exact) mass is 441 g/mol. The van der Waals surface area contributed by atoms with Crippen LogP contribution >= 0.6 is 11.6 Å². The van der Waals surface area contributed by atoms with Gasteiger partial charge in [-0.05, 0) is 50.1 Å². The number of carbonyl (C=O) groups excluding carboxylic acids is 1. The number of nitrogens with zero attached hydrogens (tertiary/aromatic N) is 1. The first-order chi connectivity index (χ1) is 14.7. The van der Waals surface area contributed by atoms with Crippen LogP contribution in [0.4, 0.5) is 5.69 Å². The Balaban J connectivity index is 1.65. The molecule has 3 aromatic rings. The third-order valence-electron chi connectivity index (χ3n) is 4.97. The van der Waals surface area contributed by atoms with Gasteiger partial charge in [-0.1, -0.05) is 41.0 Å². The molecule has 2 aromatic carbocycles. The maximum atomic E-state index is 12.5. The fraction of sp³-hybridized carbons (Fsp3) is 0.261.